The maximum atomic E-state index is 13.9. The Bertz CT molecular complexity index is 1410. The number of halogens is 1. The second kappa shape index (κ2) is 9.73. The third-order valence-corrected chi connectivity index (χ3v) is 6.97. The van der Waals surface area contributed by atoms with Crippen molar-refractivity contribution in [1.29, 1.82) is 0 Å². The highest BCUT2D eigenvalue weighted by Crippen LogP contribution is 2.33. The zero-order valence-corrected chi connectivity index (χ0v) is 20.2. The van der Waals surface area contributed by atoms with Gasteiger partial charge in [0.25, 0.3) is 5.91 Å². The number of hydrogen-bond acceptors (Lipinski definition) is 4. The minimum atomic E-state index is -0.0131. The summed E-state index contributed by atoms with van der Waals surface area (Å²) in [7, 11) is 0. The monoisotopic (exact) mass is 476 g/mol. The fraction of sp³-hybridized carbons (Fsp3) is 0.192. The van der Waals surface area contributed by atoms with Gasteiger partial charge in [-0.1, -0.05) is 53.8 Å². The van der Waals surface area contributed by atoms with E-state index in [1.807, 2.05) is 58.1 Å². The largest absolute Gasteiger partial charge is 0.337 e. The van der Waals surface area contributed by atoms with Crippen molar-refractivity contribution in [2.75, 3.05) is 11.4 Å². The van der Waals surface area contributed by atoms with E-state index in [1.54, 1.807) is 23.9 Å². The number of anilines is 1. The van der Waals surface area contributed by atoms with Crippen LogP contribution in [0.15, 0.2) is 73.3 Å². The van der Waals surface area contributed by atoms with Gasteiger partial charge < -0.3 is 4.57 Å². The molecule has 0 atom stereocenters. The molecule has 0 saturated carbocycles. The Morgan fingerprint density at radius 1 is 1.06 bits per heavy atom. The average Bonchev–Trinajstić information content (AvgIpc) is 3.49. The lowest BCUT2D eigenvalue weighted by molar-refractivity contribution is 0.0988. The number of fused-ring (bicyclic) bond motifs is 2. The van der Waals surface area contributed by atoms with E-state index in [2.05, 4.69) is 31.0 Å². The molecule has 1 amide bonds. The number of imidazole rings is 1. The zero-order chi connectivity index (χ0) is 22.1. The standard InChI is InChI=1S/C26H24N4OS.ClH/c1-18-11-12-23-24(19(18)2)28-26(32-23)30(15-6-14-29-16-13-27-17-29)25(31)22-10-5-8-20-7-3-4-9-21(20)22;/h3-5,7-13,16-17H,6,14-15H2,1-2H3;1H. The first kappa shape index (κ1) is 23.0. The zero-order valence-electron chi connectivity index (χ0n) is 18.6. The highest BCUT2D eigenvalue weighted by Gasteiger charge is 2.23. The Morgan fingerprint density at radius 2 is 1.88 bits per heavy atom. The van der Waals surface area contributed by atoms with Gasteiger partial charge in [-0.05, 0) is 54.3 Å². The van der Waals surface area contributed by atoms with E-state index in [0.29, 0.717) is 12.1 Å². The first-order chi connectivity index (χ1) is 15.6. The van der Waals surface area contributed by atoms with Crippen molar-refractivity contribution in [3.8, 4) is 0 Å². The molecule has 0 unspecified atom stereocenters. The molecular weight excluding hydrogens is 452 g/mol. The summed E-state index contributed by atoms with van der Waals surface area (Å²) < 4.78 is 3.14. The summed E-state index contributed by atoms with van der Waals surface area (Å²) in [5, 5.41) is 2.78. The van der Waals surface area contributed by atoms with Crippen molar-refractivity contribution in [3.63, 3.8) is 0 Å². The molecule has 5 nitrogen and oxygen atoms in total. The number of thiazole rings is 1. The summed E-state index contributed by atoms with van der Waals surface area (Å²) in [5.41, 5.74) is 4.07. The smallest absolute Gasteiger partial charge is 0.260 e. The molecule has 2 aromatic heterocycles. The van der Waals surface area contributed by atoms with Crippen molar-refractivity contribution in [3.05, 3.63) is 90.0 Å². The van der Waals surface area contributed by atoms with Gasteiger partial charge in [0.2, 0.25) is 0 Å². The first-order valence-corrected chi connectivity index (χ1v) is 11.6. The third kappa shape index (κ3) is 4.49. The highest BCUT2D eigenvalue weighted by atomic mass is 35.5. The maximum absolute atomic E-state index is 13.9. The first-order valence-electron chi connectivity index (χ1n) is 10.7. The third-order valence-electron chi connectivity index (χ3n) is 5.93. The minimum absolute atomic E-state index is 0. The van der Waals surface area contributed by atoms with Gasteiger partial charge in [-0.15, -0.1) is 12.4 Å². The molecule has 0 bridgehead atoms. The van der Waals surface area contributed by atoms with Crippen LogP contribution in [-0.4, -0.2) is 27.0 Å². The quantitative estimate of drug-likeness (QED) is 0.284. The molecule has 0 spiro atoms. The Labute approximate surface area is 203 Å². The molecule has 0 N–H and O–H groups in total. The van der Waals surface area contributed by atoms with E-state index < -0.39 is 0 Å². The van der Waals surface area contributed by atoms with Crippen molar-refractivity contribution < 1.29 is 4.79 Å². The van der Waals surface area contributed by atoms with E-state index in [4.69, 9.17) is 4.98 Å². The molecule has 33 heavy (non-hydrogen) atoms. The molecule has 5 aromatic rings. The highest BCUT2D eigenvalue weighted by molar-refractivity contribution is 7.22. The molecule has 0 aliphatic rings. The fourth-order valence-electron chi connectivity index (χ4n) is 4.00. The number of aromatic nitrogens is 3. The van der Waals surface area contributed by atoms with Crippen molar-refractivity contribution in [2.45, 2.75) is 26.8 Å². The minimum Gasteiger partial charge on any atom is -0.337 e. The molecule has 7 heteroatoms. The van der Waals surface area contributed by atoms with Crippen LogP contribution in [0.25, 0.3) is 21.0 Å². The van der Waals surface area contributed by atoms with E-state index in [1.165, 1.54) is 11.1 Å². The summed E-state index contributed by atoms with van der Waals surface area (Å²) in [5.74, 6) is -0.0131. The Hall–Kier alpha value is -3.22. The average molecular weight is 477 g/mol. The fourth-order valence-corrected chi connectivity index (χ4v) is 5.05. The van der Waals surface area contributed by atoms with Crippen LogP contribution in [0.4, 0.5) is 5.13 Å². The Balaban J connectivity index is 0.00000259. The van der Waals surface area contributed by atoms with Gasteiger partial charge in [-0.3, -0.25) is 9.69 Å². The van der Waals surface area contributed by atoms with Gasteiger partial charge in [0.05, 0.1) is 16.5 Å². The van der Waals surface area contributed by atoms with Gasteiger partial charge in [0, 0.05) is 31.0 Å². The second-order valence-corrected chi connectivity index (χ2v) is 9.00. The summed E-state index contributed by atoms with van der Waals surface area (Å²) in [4.78, 5) is 24.7. The molecule has 0 radical (unpaired) electrons. The van der Waals surface area contributed by atoms with E-state index in [9.17, 15) is 4.79 Å². The molecule has 0 aliphatic carbocycles. The number of rotatable bonds is 6. The van der Waals surface area contributed by atoms with Crippen LogP contribution in [-0.2, 0) is 6.54 Å². The van der Waals surface area contributed by atoms with Gasteiger partial charge >= 0.3 is 0 Å². The molecule has 168 valence electrons. The summed E-state index contributed by atoms with van der Waals surface area (Å²) >= 11 is 1.58. The predicted molar refractivity (Wildman–Crippen MR) is 139 cm³/mol. The topological polar surface area (TPSA) is 51.0 Å². The van der Waals surface area contributed by atoms with Crippen LogP contribution in [0.5, 0.6) is 0 Å². The number of amides is 1. The van der Waals surface area contributed by atoms with Gasteiger partial charge in [-0.25, -0.2) is 9.97 Å². The van der Waals surface area contributed by atoms with Gasteiger partial charge in [0.1, 0.15) is 0 Å². The van der Waals surface area contributed by atoms with Crippen molar-refractivity contribution in [2.24, 2.45) is 0 Å². The number of benzene rings is 3. The molecule has 2 heterocycles. The molecule has 0 aliphatic heterocycles. The maximum Gasteiger partial charge on any atom is 0.260 e. The lowest BCUT2D eigenvalue weighted by Gasteiger charge is -2.21. The number of carbonyl (C=O) groups excluding carboxylic acids is 1. The number of carbonyl (C=O) groups is 1. The molecule has 5 rings (SSSR count). The molecular formula is C26H25ClN4OS. The van der Waals surface area contributed by atoms with Crippen molar-refractivity contribution in [1.82, 2.24) is 14.5 Å². The predicted octanol–water partition coefficient (Wildman–Crippen LogP) is 6.42. The van der Waals surface area contributed by atoms with Crippen LogP contribution >= 0.6 is 23.7 Å². The van der Waals surface area contributed by atoms with Crippen molar-refractivity contribution >= 4 is 55.8 Å². The van der Waals surface area contributed by atoms with Crippen LogP contribution in [0, 0.1) is 13.8 Å². The molecule has 0 fully saturated rings. The number of aryl methyl sites for hydroxylation is 3. The lowest BCUT2D eigenvalue weighted by atomic mass is 10.0. The Kier molecular flexibility index (Phi) is 6.77. The van der Waals surface area contributed by atoms with E-state index in [0.717, 1.165) is 39.1 Å². The van der Waals surface area contributed by atoms with Crippen LogP contribution in [0.1, 0.15) is 27.9 Å². The number of nitrogens with zero attached hydrogens (tertiary/aromatic N) is 4. The SMILES string of the molecule is Cc1ccc2sc(N(CCCn3ccnc3)C(=O)c3cccc4ccccc34)nc2c1C.Cl. The summed E-state index contributed by atoms with van der Waals surface area (Å²) in [6.45, 7) is 5.56. The molecule has 0 saturated heterocycles. The van der Waals surface area contributed by atoms with Gasteiger partial charge in [0.15, 0.2) is 5.13 Å². The normalized spacial score (nSPS) is 11.0. The van der Waals surface area contributed by atoms with E-state index >= 15 is 0 Å². The second-order valence-electron chi connectivity index (χ2n) is 7.99. The number of hydrogen-bond donors (Lipinski definition) is 0. The summed E-state index contributed by atoms with van der Waals surface area (Å²) in [6, 6.07) is 18.2. The van der Waals surface area contributed by atoms with E-state index in [-0.39, 0.29) is 18.3 Å². The van der Waals surface area contributed by atoms with Crippen LogP contribution in [0.2, 0.25) is 0 Å². The van der Waals surface area contributed by atoms with Crippen LogP contribution < -0.4 is 4.90 Å². The Morgan fingerprint density at radius 3 is 2.70 bits per heavy atom. The van der Waals surface area contributed by atoms with Gasteiger partial charge in [-0.2, -0.15) is 0 Å². The summed E-state index contributed by atoms with van der Waals surface area (Å²) in [6.07, 6.45) is 6.33. The van der Waals surface area contributed by atoms with Crippen LogP contribution in [0.3, 0.4) is 0 Å². The lowest BCUT2D eigenvalue weighted by Crippen LogP contribution is -2.32. The molecule has 3 aromatic carbocycles.